The number of benzene rings is 3. The van der Waals surface area contributed by atoms with E-state index in [0.29, 0.717) is 23.8 Å². The van der Waals surface area contributed by atoms with E-state index < -0.39 is 18.0 Å². The van der Waals surface area contributed by atoms with E-state index in [1.165, 1.54) is 17.0 Å². The quantitative estimate of drug-likeness (QED) is 0.533. The molecule has 32 heavy (non-hydrogen) atoms. The highest BCUT2D eigenvalue weighted by molar-refractivity contribution is 5.89. The predicted octanol–water partition coefficient (Wildman–Crippen LogP) is 5.08. The molecule has 3 aromatic carbocycles. The number of rotatable bonds is 8. The Labute approximate surface area is 185 Å². The van der Waals surface area contributed by atoms with E-state index in [1.54, 1.807) is 12.1 Å². The second kappa shape index (κ2) is 9.70. The summed E-state index contributed by atoms with van der Waals surface area (Å²) in [5, 5.41) is 9.18. The molecule has 6 nitrogen and oxygen atoms in total. The van der Waals surface area contributed by atoms with Gasteiger partial charge in [-0.15, -0.1) is 0 Å². The number of aliphatic hydroxyl groups is 1. The Morgan fingerprint density at radius 2 is 1.81 bits per heavy atom. The lowest BCUT2D eigenvalue weighted by Gasteiger charge is -2.16. The van der Waals surface area contributed by atoms with Gasteiger partial charge in [0, 0.05) is 6.07 Å². The molecule has 3 aromatic rings. The second-order valence-corrected chi connectivity index (χ2v) is 7.42. The zero-order valence-electron chi connectivity index (χ0n) is 17.7. The molecule has 0 aromatic heterocycles. The van der Waals surface area contributed by atoms with Crippen molar-refractivity contribution in [3.8, 4) is 17.2 Å². The molecule has 0 aliphatic carbocycles. The van der Waals surface area contributed by atoms with E-state index in [1.807, 2.05) is 49.4 Å². The predicted molar refractivity (Wildman–Crippen MR) is 118 cm³/mol. The summed E-state index contributed by atoms with van der Waals surface area (Å²) in [5.74, 6) is 0.293. The fourth-order valence-electron chi connectivity index (χ4n) is 3.39. The van der Waals surface area contributed by atoms with Crippen LogP contribution in [-0.2, 0) is 17.8 Å². The molecule has 1 heterocycles. The van der Waals surface area contributed by atoms with Gasteiger partial charge in [0.25, 0.3) is 0 Å². The first-order valence-electron chi connectivity index (χ1n) is 10.4. The van der Waals surface area contributed by atoms with Crippen molar-refractivity contribution in [2.24, 2.45) is 0 Å². The van der Waals surface area contributed by atoms with Crippen LogP contribution in [0.3, 0.4) is 0 Å². The SMILES string of the molecule is CCc1ccc(Oc2ccc(N3C[C@H](CO)OC3=O)cc2F)c(OCc2ccccc2)c1. The highest BCUT2D eigenvalue weighted by Gasteiger charge is 2.32. The first-order valence-corrected chi connectivity index (χ1v) is 10.4. The van der Waals surface area contributed by atoms with Crippen LogP contribution in [0.15, 0.2) is 66.7 Å². The lowest BCUT2D eigenvalue weighted by molar-refractivity contribution is 0.0963. The number of aliphatic hydroxyl groups excluding tert-OH is 1. The molecule has 1 amide bonds. The van der Waals surface area contributed by atoms with E-state index in [9.17, 15) is 14.3 Å². The van der Waals surface area contributed by atoms with Crippen LogP contribution in [0.2, 0.25) is 0 Å². The third-order valence-corrected chi connectivity index (χ3v) is 5.18. The number of nitrogens with zero attached hydrogens (tertiary/aromatic N) is 1. The van der Waals surface area contributed by atoms with Crippen LogP contribution >= 0.6 is 0 Å². The number of aryl methyl sites for hydroxylation is 1. The summed E-state index contributed by atoms with van der Waals surface area (Å²) >= 11 is 0. The monoisotopic (exact) mass is 437 g/mol. The minimum absolute atomic E-state index is 0.00818. The van der Waals surface area contributed by atoms with Crippen molar-refractivity contribution in [1.29, 1.82) is 0 Å². The lowest BCUT2D eigenvalue weighted by Crippen LogP contribution is -2.25. The Hall–Kier alpha value is -3.58. The number of carbonyl (C=O) groups excluding carboxylic acids is 1. The Morgan fingerprint density at radius 3 is 2.50 bits per heavy atom. The molecule has 0 saturated carbocycles. The van der Waals surface area contributed by atoms with Gasteiger partial charge in [0.05, 0.1) is 18.8 Å². The first kappa shape index (κ1) is 21.6. The molecule has 0 radical (unpaired) electrons. The van der Waals surface area contributed by atoms with Gasteiger partial charge in [-0.25, -0.2) is 9.18 Å². The number of ether oxygens (including phenoxy) is 3. The number of halogens is 1. The molecule has 1 aliphatic heterocycles. The summed E-state index contributed by atoms with van der Waals surface area (Å²) in [4.78, 5) is 13.2. The van der Waals surface area contributed by atoms with Crippen molar-refractivity contribution in [3.63, 3.8) is 0 Å². The summed E-state index contributed by atoms with van der Waals surface area (Å²) in [5.41, 5.74) is 2.41. The van der Waals surface area contributed by atoms with Crippen molar-refractivity contribution in [3.05, 3.63) is 83.7 Å². The molecule has 1 atom stereocenters. The fourth-order valence-corrected chi connectivity index (χ4v) is 3.39. The molecular weight excluding hydrogens is 413 g/mol. The maximum Gasteiger partial charge on any atom is 0.414 e. The molecule has 4 rings (SSSR count). The standard InChI is InChI=1S/C25H24FNO5/c1-2-17-8-10-23(24(12-17)30-16-18-6-4-3-5-7-18)32-22-11-9-19(13-21(22)26)27-14-20(15-28)31-25(27)29/h3-13,20,28H,2,14-16H2,1H3/t20-/m1/s1. The Balaban J connectivity index is 1.53. The summed E-state index contributed by atoms with van der Waals surface area (Å²) in [6.45, 7) is 2.27. The average Bonchev–Trinajstić information content (AvgIpc) is 3.21. The number of amides is 1. The molecule has 7 heteroatoms. The van der Waals surface area contributed by atoms with E-state index in [2.05, 4.69) is 0 Å². The van der Waals surface area contributed by atoms with E-state index in [4.69, 9.17) is 14.2 Å². The molecular formula is C25H24FNO5. The van der Waals surface area contributed by atoms with E-state index in [-0.39, 0.29) is 18.9 Å². The van der Waals surface area contributed by atoms with Crippen LogP contribution in [0.5, 0.6) is 17.2 Å². The largest absolute Gasteiger partial charge is 0.485 e. The van der Waals surface area contributed by atoms with Gasteiger partial charge in [-0.2, -0.15) is 0 Å². The summed E-state index contributed by atoms with van der Waals surface area (Å²) in [6.07, 6.45) is -0.419. The number of hydrogen-bond acceptors (Lipinski definition) is 5. The van der Waals surface area contributed by atoms with E-state index in [0.717, 1.165) is 17.5 Å². The summed E-state index contributed by atoms with van der Waals surface area (Å²) in [6, 6.07) is 19.5. The second-order valence-electron chi connectivity index (χ2n) is 7.42. The maximum atomic E-state index is 14.8. The van der Waals surface area contributed by atoms with Gasteiger partial charge in [-0.3, -0.25) is 4.90 Å². The van der Waals surface area contributed by atoms with Gasteiger partial charge in [-0.05, 0) is 41.8 Å². The molecule has 1 saturated heterocycles. The van der Waals surface area contributed by atoms with E-state index >= 15 is 0 Å². The van der Waals surface area contributed by atoms with Gasteiger partial charge >= 0.3 is 6.09 Å². The molecule has 1 aliphatic rings. The number of hydrogen-bond donors (Lipinski definition) is 1. The zero-order valence-corrected chi connectivity index (χ0v) is 17.7. The van der Waals surface area contributed by atoms with Crippen molar-refractivity contribution in [2.45, 2.75) is 26.1 Å². The Kier molecular flexibility index (Phi) is 6.56. The van der Waals surface area contributed by atoms with Gasteiger partial charge in [-0.1, -0.05) is 43.3 Å². The molecule has 1 N–H and O–H groups in total. The third-order valence-electron chi connectivity index (χ3n) is 5.18. The van der Waals surface area contributed by atoms with Crippen LogP contribution in [0.4, 0.5) is 14.9 Å². The van der Waals surface area contributed by atoms with Crippen molar-refractivity contribution < 1.29 is 28.5 Å². The smallest absolute Gasteiger partial charge is 0.414 e. The molecule has 0 spiro atoms. The highest BCUT2D eigenvalue weighted by atomic mass is 19.1. The molecule has 0 bridgehead atoms. The Bertz CT molecular complexity index is 1090. The molecule has 1 fully saturated rings. The highest BCUT2D eigenvalue weighted by Crippen LogP contribution is 2.36. The first-order chi connectivity index (χ1) is 15.6. The normalized spacial score (nSPS) is 15.5. The van der Waals surface area contributed by atoms with Crippen LogP contribution < -0.4 is 14.4 Å². The van der Waals surface area contributed by atoms with Crippen LogP contribution in [0.25, 0.3) is 0 Å². The summed E-state index contributed by atoms with van der Waals surface area (Å²) < 4.78 is 31.7. The topological polar surface area (TPSA) is 68.2 Å². The third kappa shape index (κ3) is 4.84. The van der Waals surface area contributed by atoms with Crippen LogP contribution in [0.1, 0.15) is 18.1 Å². The van der Waals surface area contributed by atoms with Crippen molar-refractivity contribution in [1.82, 2.24) is 0 Å². The number of cyclic esters (lactones) is 1. The number of carbonyl (C=O) groups is 1. The van der Waals surface area contributed by atoms with Crippen molar-refractivity contribution >= 4 is 11.8 Å². The minimum atomic E-state index is -0.628. The van der Waals surface area contributed by atoms with Gasteiger partial charge in [0.2, 0.25) is 0 Å². The fraction of sp³-hybridized carbons (Fsp3) is 0.240. The Morgan fingerprint density at radius 1 is 1.03 bits per heavy atom. The van der Waals surface area contributed by atoms with Gasteiger partial charge < -0.3 is 19.3 Å². The van der Waals surface area contributed by atoms with Crippen LogP contribution in [0, 0.1) is 5.82 Å². The van der Waals surface area contributed by atoms with Gasteiger partial charge in [0.15, 0.2) is 23.1 Å². The number of anilines is 1. The lowest BCUT2D eigenvalue weighted by atomic mass is 10.1. The minimum Gasteiger partial charge on any atom is -0.485 e. The molecule has 0 unspecified atom stereocenters. The summed E-state index contributed by atoms with van der Waals surface area (Å²) in [7, 11) is 0. The molecule has 166 valence electrons. The van der Waals surface area contributed by atoms with Crippen molar-refractivity contribution in [2.75, 3.05) is 18.1 Å². The maximum absolute atomic E-state index is 14.8. The average molecular weight is 437 g/mol. The zero-order chi connectivity index (χ0) is 22.5. The van der Waals surface area contributed by atoms with Crippen LogP contribution in [-0.4, -0.2) is 30.5 Å². The van der Waals surface area contributed by atoms with Gasteiger partial charge in [0.1, 0.15) is 12.7 Å².